The fourth-order valence-corrected chi connectivity index (χ4v) is 1.84. The van der Waals surface area contributed by atoms with Crippen LogP contribution in [0.4, 0.5) is 0 Å². The Morgan fingerprint density at radius 3 is 2.48 bits per heavy atom. The molecule has 3 N–H and O–H groups in total. The SMILES string of the molecule is CC(CC(=O)O)NC(=O)CNC(=O)c1ccc(Cl)c(Cl)c1. The number of hydrogen-bond donors (Lipinski definition) is 3. The number of carboxylic acids is 1. The van der Waals surface area contributed by atoms with Crippen molar-refractivity contribution in [1.29, 1.82) is 0 Å². The molecule has 1 atom stereocenters. The van der Waals surface area contributed by atoms with Gasteiger partial charge in [0.05, 0.1) is 23.0 Å². The first-order chi connectivity index (χ1) is 9.79. The van der Waals surface area contributed by atoms with Gasteiger partial charge < -0.3 is 15.7 Å². The van der Waals surface area contributed by atoms with E-state index in [0.717, 1.165) is 0 Å². The van der Waals surface area contributed by atoms with Gasteiger partial charge in [0.15, 0.2) is 0 Å². The quantitative estimate of drug-likeness (QED) is 0.738. The summed E-state index contributed by atoms with van der Waals surface area (Å²) in [5, 5.41) is 14.0. The minimum atomic E-state index is -1.01. The number of carboxylic acid groups (broad SMARTS) is 1. The summed E-state index contributed by atoms with van der Waals surface area (Å²) in [5.41, 5.74) is 0.274. The number of hydrogen-bond acceptors (Lipinski definition) is 3. The minimum absolute atomic E-state index is 0.188. The molecule has 6 nitrogen and oxygen atoms in total. The van der Waals surface area contributed by atoms with Gasteiger partial charge in [0.25, 0.3) is 5.91 Å². The predicted octanol–water partition coefficient (Wildman–Crippen LogP) is 1.70. The zero-order valence-electron chi connectivity index (χ0n) is 11.2. The lowest BCUT2D eigenvalue weighted by molar-refractivity contribution is -0.137. The molecule has 0 aromatic heterocycles. The molecule has 0 aliphatic rings. The van der Waals surface area contributed by atoms with E-state index in [1.165, 1.54) is 18.2 Å². The van der Waals surface area contributed by atoms with Crippen LogP contribution in [-0.2, 0) is 9.59 Å². The smallest absolute Gasteiger partial charge is 0.305 e. The number of carbonyl (C=O) groups is 3. The van der Waals surface area contributed by atoms with Crippen molar-refractivity contribution in [2.45, 2.75) is 19.4 Å². The summed E-state index contributed by atoms with van der Waals surface area (Å²) in [7, 11) is 0. The molecule has 0 heterocycles. The highest BCUT2D eigenvalue weighted by Gasteiger charge is 2.13. The number of carbonyl (C=O) groups excluding carboxylic acids is 2. The van der Waals surface area contributed by atoms with Gasteiger partial charge in [-0.05, 0) is 25.1 Å². The number of aliphatic carboxylic acids is 1. The van der Waals surface area contributed by atoms with E-state index < -0.39 is 23.8 Å². The van der Waals surface area contributed by atoms with Crippen LogP contribution in [0.2, 0.25) is 10.0 Å². The Hall–Kier alpha value is -1.79. The summed E-state index contributed by atoms with van der Waals surface area (Å²) in [4.78, 5) is 33.8. The fraction of sp³-hybridized carbons (Fsp3) is 0.308. The van der Waals surface area contributed by atoms with Gasteiger partial charge in [0.1, 0.15) is 0 Å². The molecule has 114 valence electrons. The first kappa shape index (κ1) is 17.3. The van der Waals surface area contributed by atoms with Crippen LogP contribution in [-0.4, -0.2) is 35.5 Å². The molecule has 8 heteroatoms. The van der Waals surface area contributed by atoms with E-state index in [-0.39, 0.29) is 23.6 Å². The van der Waals surface area contributed by atoms with Crippen LogP contribution in [0.15, 0.2) is 18.2 Å². The molecule has 0 fully saturated rings. The Morgan fingerprint density at radius 2 is 1.90 bits per heavy atom. The topological polar surface area (TPSA) is 95.5 Å². The molecule has 0 bridgehead atoms. The van der Waals surface area contributed by atoms with E-state index in [9.17, 15) is 14.4 Å². The van der Waals surface area contributed by atoms with Crippen molar-refractivity contribution in [3.8, 4) is 0 Å². The maximum absolute atomic E-state index is 11.8. The molecule has 0 radical (unpaired) electrons. The maximum atomic E-state index is 11.8. The van der Waals surface area contributed by atoms with Crippen LogP contribution in [0, 0.1) is 0 Å². The molecule has 2 amide bonds. The van der Waals surface area contributed by atoms with Crippen LogP contribution in [0.25, 0.3) is 0 Å². The fourth-order valence-electron chi connectivity index (χ4n) is 1.54. The van der Waals surface area contributed by atoms with Crippen LogP contribution in [0.3, 0.4) is 0 Å². The van der Waals surface area contributed by atoms with Gasteiger partial charge >= 0.3 is 5.97 Å². The molecule has 0 aliphatic carbocycles. The largest absolute Gasteiger partial charge is 0.481 e. The monoisotopic (exact) mass is 332 g/mol. The van der Waals surface area contributed by atoms with Crippen LogP contribution in [0.1, 0.15) is 23.7 Å². The molecule has 1 aromatic carbocycles. The normalized spacial score (nSPS) is 11.6. The lowest BCUT2D eigenvalue weighted by Gasteiger charge is -2.12. The molecular weight excluding hydrogens is 319 g/mol. The van der Waals surface area contributed by atoms with Crippen molar-refractivity contribution in [3.63, 3.8) is 0 Å². The minimum Gasteiger partial charge on any atom is -0.481 e. The highest BCUT2D eigenvalue weighted by molar-refractivity contribution is 6.42. The highest BCUT2D eigenvalue weighted by atomic mass is 35.5. The van der Waals surface area contributed by atoms with Gasteiger partial charge in [-0.2, -0.15) is 0 Å². The van der Waals surface area contributed by atoms with Gasteiger partial charge in [0, 0.05) is 11.6 Å². The second kappa shape index (κ2) is 7.85. The molecule has 1 aromatic rings. The average Bonchev–Trinajstić information content (AvgIpc) is 2.38. The Kier molecular flexibility index (Phi) is 6.45. The number of nitrogens with one attached hydrogen (secondary N) is 2. The third kappa shape index (κ3) is 6.01. The number of rotatable bonds is 6. The third-order valence-corrected chi connectivity index (χ3v) is 3.22. The summed E-state index contributed by atoms with van der Waals surface area (Å²) < 4.78 is 0. The molecular formula is C13H14Cl2N2O4. The molecule has 21 heavy (non-hydrogen) atoms. The summed E-state index contributed by atoms with van der Waals surface area (Å²) >= 11 is 11.5. The van der Waals surface area contributed by atoms with E-state index in [4.69, 9.17) is 28.3 Å². The van der Waals surface area contributed by atoms with Gasteiger partial charge in [-0.3, -0.25) is 14.4 Å². The van der Waals surface area contributed by atoms with Crippen LogP contribution < -0.4 is 10.6 Å². The van der Waals surface area contributed by atoms with Crippen molar-refractivity contribution in [2.75, 3.05) is 6.54 Å². The van der Waals surface area contributed by atoms with Crippen molar-refractivity contribution in [3.05, 3.63) is 33.8 Å². The Morgan fingerprint density at radius 1 is 1.24 bits per heavy atom. The molecule has 0 spiro atoms. The van der Waals surface area contributed by atoms with Gasteiger partial charge in [-0.25, -0.2) is 0 Å². The standard InChI is InChI=1S/C13H14Cl2N2O4/c1-7(4-12(19)20)17-11(18)6-16-13(21)8-2-3-9(14)10(15)5-8/h2-3,5,7H,4,6H2,1H3,(H,16,21)(H,17,18)(H,19,20). The third-order valence-electron chi connectivity index (χ3n) is 2.48. The van der Waals surface area contributed by atoms with Crippen molar-refractivity contribution >= 4 is 41.0 Å². The van der Waals surface area contributed by atoms with Gasteiger partial charge in [-0.15, -0.1) is 0 Å². The molecule has 1 unspecified atom stereocenters. The Labute approximate surface area is 131 Å². The number of amides is 2. The van der Waals surface area contributed by atoms with Crippen LogP contribution >= 0.6 is 23.2 Å². The molecule has 0 aliphatic heterocycles. The second-order valence-electron chi connectivity index (χ2n) is 4.38. The zero-order chi connectivity index (χ0) is 16.0. The predicted molar refractivity (Wildman–Crippen MR) is 78.7 cm³/mol. The number of halogens is 2. The molecule has 1 rings (SSSR count). The van der Waals surface area contributed by atoms with Crippen molar-refractivity contribution in [2.24, 2.45) is 0 Å². The van der Waals surface area contributed by atoms with Crippen molar-refractivity contribution < 1.29 is 19.5 Å². The summed E-state index contributed by atoms with van der Waals surface area (Å²) in [6, 6.07) is 3.84. The van der Waals surface area contributed by atoms with E-state index in [1.807, 2.05) is 0 Å². The lowest BCUT2D eigenvalue weighted by Crippen LogP contribution is -2.41. The summed E-state index contributed by atoms with van der Waals surface area (Å²) in [6.45, 7) is 1.30. The Bertz CT molecular complexity index is 563. The number of benzene rings is 1. The van der Waals surface area contributed by atoms with E-state index in [2.05, 4.69) is 10.6 Å². The highest BCUT2D eigenvalue weighted by Crippen LogP contribution is 2.22. The van der Waals surface area contributed by atoms with E-state index >= 15 is 0 Å². The van der Waals surface area contributed by atoms with Crippen LogP contribution in [0.5, 0.6) is 0 Å². The second-order valence-corrected chi connectivity index (χ2v) is 5.19. The van der Waals surface area contributed by atoms with Gasteiger partial charge in [-0.1, -0.05) is 23.2 Å². The Balaban J connectivity index is 2.47. The van der Waals surface area contributed by atoms with Gasteiger partial charge in [0.2, 0.25) is 5.91 Å². The lowest BCUT2D eigenvalue weighted by atomic mass is 10.2. The first-order valence-corrected chi connectivity index (χ1v) is 6.79. The first-order valence-electron chi connectivity index (χ1n) is 6.04. The zero-order valence-corrected chi connectivity index (χ0v) is 12.7. The van der Waals surface area contributed by atoms with Crippen molar-refractivity contribution in [1.82, 2.24) is 10.6 Å². The average molecular weight is 333 g/mol. The summed E-state index contributed by atoms with van der Waals surface area (Å²) in [6.07, 6.45) is -0.188. The molecule has 0 saturated heterocycles. The van der Waals surface area contributed by atoms with E-state index in [1.54, 1.807) is 6.92 Å². The molecule has 0 saturated carbocycles. The summed E-state index contributed by atoms with van der Waals surface area (Å²) in [5.74, 6) is -1.96. The maximum Gasteiger partial charge on any atom is 0.305 e. The van der Waals surface area contributed by atoms with E-state index in [0.29, 0.717) is 5.02 Å².